The SMILES string of the molecule is COC(=O)[C@]1(C)CCC[C@@]2(C)C3CC[C@@]4(C)C[C@]3(CCC21)CC4=NO. The van der Waals surface area contributed by atoms with E-state index in [-0.39, 0.29) is 27.6 Å². The Morgan fingerprint density at radius 1 is 1.12 bits per heavy atom. The summed E-state index contributed by atoms with van der Waals surface area (Å²) in [5, 5.41) is 13.3. The van der Waals surface area contributed by atoms with Crippen LogP contribution in [0.5, 0.6) is 0 Å². The van der Waals surface area contributed by atoms with Gasteiger partial charge in [0.15, 0.2) is 0 Å². The molecule has 0 aromatic rings. The Labute approximate surface area is 151 Å². The first kappa shape index (κ1) is 17.4. The standard InChI is InChI=1S/C21H33NO3/c1-18-10-6-15-19(2)8-5-9-20(3,17(23)25-4)14(19)7-11-21(15,13-18)12-16(18)22-24/h14-15,24H,5-13H2,1-4H3/t14?,15?,18-,19+,20+,21-/m0/s1. The molecular weight excluding hydrogens is 314 g/mol. The zero-order chi connectivity index (χ0) is 18.1. The van der Waals surface area contributed by atoms with Crippen LogP contribution in [0.4, 0.5) is 0 Å². The Morgan fingerprint density at radius 2 is 1.84 bits per heavy atom. The largest absolute Gasteiger partial charge is 0.469 e. The predicted octanol–water partition coefficient (Wildman–Crippen LogP) is 4.79. The van der Waals surface area contributed by atoms with Crippen molar-refractivity contribution in [2.45, 2.75) is 78.6 Å². The molecule has 4 saturated carbocycles. The van der Waals surface area contributed by atoms with E-state index in [0.717, 1.165) is 37.8 Å². The van der Waals surface area contributed by atoms with Crippen molar-refractivity contribution in [1.82, 2.24) is 0 Å². The number of hydrogen-bond donors (Lipinski definition) is 1. The molecule has 0 aromatic carbocycles. The van der Waals surface area contributed by atoms with Crippen molar-refractivity contribution in [2.24, 2.45) is 38.7 Å². The summed E-state index contributed by atoms with van der Waals surface area (Å²) in [5.74, 6) is 1.04. The molecule has 2 unspecified atom stereocenters. The summed E-state index contributed by atoms with van der Waals surface area (Å²) < 4.78 is 5.24. The third kappa shape index (κ3) is 2.06. The van der Waals surface area contributed by atoms with Gasteiger partial charge in [0.2, 0.25) is 0 Å². The number of oxime groups is 1. The molecule has 6 atom stereocenters. The van der Waals surface area contributed by atoms with Crippen LogP contribution in [0.15, 0.2) is 5.16 Å². The molecule has 0 radical (unpaired) electrons. The second-order valence-corrected chi connectivity index (χ2v) is 10.3. The van der Waals surface area contributed by atoms with E-state index in [0.29, 0.717) is 11.8 Å². The molecule has 0 aromatic heterocycles. The van der Waals surface area contributed by atoms with Crippen LogP contribution in [0.25, 0.3) is 0 Å². The molecule has 140 valence electrons. The fourth-order valence-corrected chi connectivity index (χ4v) is 8.16. The Kier molecular flexibility index (Phi) is 3.63. The number of methoxy groups -OCH3 is 1. The van der Waals surface area contributed by atoms with Gasteiger partial charge in [0.1, 0.15) is 0 Å². The predicted molar refractivity (Wildman–Crippen MR) is 96.5 cm³/mol. The zero-order valence-corrected chi connectivity index (χ0v) is 16.2. The molecule has 2 bridgehead atoms. The molecule has 4 aliphatic carbocycles. The maximum atomic E-state index is 12.7. The summed E-state index contributed by atoms with van der Waals surface area (Å²) in [6, 6.07) is 0. The summed E-state index contributed by atoms with van der Waals surface area (Å²) in [5.41, 5.74) is 1.27. The first-order chi connectivity index (χ1) is 11.7. The van der Waals surface area contributed by atoms with Gasteiger partial charge in [0.05, 0.1) is 18.2 Å². The van der Waals surface area contributed by atoms with Crippen LogP contribution in [0, 0.1) is 33.5 Å². The number of rotatable bonds is 1. The van der Waals surface area contributed by atoms with E-state index in [2.05, 4.69) is 25.9 Å². The van der Waals surface area contributed by atoms with E-state index in [1.165, 1.54) is 32.8 Å². The Bertz CT molecular complexity index is 631. The zero-order valence-electron chi connectivity index (χ0n) is 16.2. The normalized spacial score (nSPS) is 53.2. The highest BCUT2D eigenvalue weighted by atomic mass is 16.5. The van der Waals surface area contributed by atoms with Gasteiger partial charge in [-0.05, 0) is 81.0 Å². The van der Waals surface area contributed by atoms with Crippen LogP contribution in [0.3, 0.4) is 0 Å². The van der Waals surface area contributed by atoms with Gasteiger partial charge in [-0.3, -0.25) is 4.79 Å². The molecule has 1 spiro atoms. The van der Waals surface area contributed by atoms with Gasteiger partial charge in [-0.1, -0.05) is 25.4 Å². The number of hydrogen-bond acceptors (Lipinski definition) is 4. The van der Waals surface area contributed by atoms with Crippen LogP contribution < -0.4 is 0 Å². The van der Waals surface area contributed by atoms with Gasteiger partial charge in [0.25, 0.3) is 0 Å². The van der Waals surface area contributed by atoms with Crippen molar-refractivity contribution in [3.05, 3.63) is 0 Å². The quantitative estimate of drug-likeness (QED) is 0.421. The average Bonchev–Trinajstić information content (AvgIpc) is 2.78. The lowest BCUT2D eigenvalue weighted by Crippen LogP contribution is -2.58. The molecular formula is C21H33NO3. The molecule has 1 N–H and O–H groups in total. The van der Waals surface area contributed by atoms with E-state index >= 15 is 0 Å². The number of nitrogens with zero attached hydrogens (tertiary/aromatic N) is 1. The summed E-state index contributed by atoms with van der Waals surface area (Å²) in [6.07, 6.45) is 10.0. The van der Waals surface area contributed by atoms with Crippen LogP contribution in [-0.4, -0.2) is 24.0 Å². The van der Waals surface area contributed by atoms with Gasteiger partial charge in [-0.15, -0.1) is 0 Å². The van der Waals surface area contributed by atoms with Crippen molar-refractivity contribution in [2.75, 3.05) is 7.11 Å². The Hall–Kier alpha value is -1.06. The molecule has 0 heterocycles. The van der Waals surface area contributed by atoms with Gasteiger partial charge >= 0.3 is 5.97 Å². The van der Waals surface area contributed by atoms with E-state index < -0.39 is 0 Å². The molecule has 25 heavy (non-hydrogen) atoms. The fourth-order valence-electron chi connectivity index (χ4n) is 8.16. The highest BCUT2D eigenvalue weighted by Gasteiger charge is 2.67. The second kappa shape index (κ2) is 5.23. The minimum Gasteiger partial charge on any atom is -0.469 e. The van der Waals surface area contributed by atoms with Gasteiger partial charge in [0, 0.05) is 5.41 Å². The van der Waals surface area contributed by atoms with Crippen molar-refractivity contribution >= 4 is 11.7 Å². The van der Waals surface area contributed by atoms with Gasteiger partial charge in [-0.2, -0.15) is 0 Å². The maximum absolute atomic E-state index is 12.7. The molecule has 0 saturated heterocycles. The maximum Gasteiger partial charge on any atom is 0.311 e. The minimum atomic E-state index is -0.337. The van der Waals surface area contributed by atoms with E-state index in [1.54, 1.807) is 0 Å². The number of ether oxygens (including phenoxy) is 1. The molecule has 4 heteroatoms. The third-order valence-electron chi connectivity index (χ3n) is 9.16. The smallest absolute Gasteiger partial charge is 0.311 e. The Balaban J connectivity index is 1.74. The summed E-state index contributed by atoms with van der Waals surface area (Å²) in [7, 11) is 1.54. The van der Waals surface area contributed by atoms with E-state index in [4.69, 9.17) is 4.74 Å². The topological polar surface area (TPSA) is 58.9 Å². The van der Waals surface area contributed by atoms with Gasteiger partial charge < -0.3 is 9.94 Å². The minimum absolute atomic E-state index is 0.0101. The Morgan fingerprint density at radius 3 is 2.52 bits per heavy atom. The van der Waals surface area contributed by atoms with Crippen LogP contribution >= 0.6 is 0 Å². The first-order valence-corrected chi connectivity index (χ1v) is 10.0. The second-order valence-electron chi connectivity index (χ2n) is 10.3. The van der Waals surface area contributed by atoms with Crippen LogP contribution in [-0.2, 0) is 9.53 Å². The fraction of sp³-hybridized carbons (Fsp3) is 0.905. The van der Waals surface area contributed by atoms with Crippen LogP contribution in [0.2, 0.25) is 0 Å². The third-order valence-corrected chi connectivity index (χ3v) is 9.16. The number of fused-ring (bicyclic) bond motifs is 3. The van der Waals surface area contributed by atoms with Crippen LogP contribution in [0.1, 0.15) is 78.6 Å². The molecule has 0 amide bonds. The molecule has 4 fully saturated rings. The highest BCUT2D eigenvalue weighted by molar-refractivity contribution is 5.92. The molecule has 0 aliphatic heterocycles. The van der Waals surface area contributed by atoms with E-state index in [1.807, 2.05) is 0 Å². The van der Waals surface area contributed by atoms with Crippen molar-refractivity contribution < 1.29 is 14.7 Å². The monoisotopic (exact) mass is 347 g/mol. The van der Waals surface area contributed by atoms with Gasteiger partial charge in [-0.25, -0.2) is 0 Å². The number of carbonyl (C=O) groups is 1. The molecule has 4 rings (SSSR count). The summed E-state index contributed by atoms with van der Waals surface area (Å²) >= 11 is 0. The average molecular weight is 347 g/mol. The van der Waals surface area contributed by atoms with Crippen molar-refractivity contribution in [3.63, 3.8) is 0 Å². The van der Waals surface area contributed by atoms with E-state index in [9.17, 15) is 10.0 Å². The molecule has 4 nitrogen and oxygen atoms in total. The summed E-state index contributed by atoms with van der Waals surface area (Å²) in [4.78, 5) is 12.7. The van der Waals surface area contributed by atoms with Crippen molar-refractivity contribution in [3.8, 4) is 0 Å². The lowest BCUT2D eigenvalue weighted by molar-refractivity contribution is -0.185. The lowest BCUT2D eigenvalue weighted by atomic mass is 9.40. The molecule has 4 aliphatic rings. The number of esters is 1. The van der Waals surface area contributed by atoms with Crippen molar-refractivity contribution in [1.29, 1.82) is 0 Å². The number of carbonyl (C=O) groups excluding carboxylic acids is 1. The first-order valence-electron chi connectivity index (χ1n) is 10.0. The lowest BCUT2D eigenvalue weighted by Gasteiger charge is -2.64. The summed E-state index contributed by atoms with van der Waals surface area (Å²) in [6.45, 7) is 6.91. The highest BCUT2D eigenvalue weighted by Crippen LogP contribution is 2.73.